The van der Waals surface area contributed by atoms with Crippen LogP contribution < -0.4 is 4.72 Å². The smallest absolute Gasteiger partial charge is 0.293 e. The molecular weight excluding hydrogens is 430 g/mol. The normalized spacial score (nSPS) is 11.7. The molecule has 0 aliphatic carbocycles. The number of hydrogen-bond donors (Lipinski definition) is 1. The van der Waals surface area contributed by atoms with Gasteiger partial charge in [0.15, 0.2) is 5.78 Å². The van der Waals surface area contributed by atoms with Gasteiger partial charge in [-0.3, -0.25) is 14.9 Å². The summed E-state index contributed by atoms with van der Waals surface area (Å²) in [6, 6.07) is 11.6. The second-order valence-corrected chi connectivity index (χ2v) is 9.12. The van der Waals surface area contributed by atoms with Crippen LogP contribution in [0.4, 0.5) is 5.69 Å². The Morgan fingerprint density at radius 1 is 1.20 bits per heavy atom. The minimum Gasteiger partial charge on any atom is -0.341 e. The van der Waals surface area contributed by atoms with Gasteiger partial charge in [0.1, 0.15) is 5.52 Å². The van der Waals surface area contributed by atoms with Crippen molar-refractivity contribution in [1.29, 1.82) is 0 Å². The highest BCUT2D eigenvalue weighted by molar-refractivity contribution is 7.88. The number of nitro benzene ring substituents is 1. The van der Waals surface area contributed by atoms with Gasteiger partial charge in [-0.15, -0.1) is 0 Å². The molecule has 0 bridgehead atoms. The van der Waals surface area contributed by atoms with Crippen molar-refractivity contribution in [2.24, 2.45) is 0 Å². The fourth-order valence-corrected chi connectivity index (χ4v) is 4.02. The minimum absolute atomic E-state index is 0.0666. The number of Topliss-reactive ketones (excluding diaryl/α,β-unsaturated/α-hetero) is 1. The maximum Gasteiger partial charge on any atom is 0.293 e. The van der Waals surface area contributed by atoms with E-state index in [0.29, 0.717) is 40.0 Å². The molecule has 1 aromatic heterocycles. The Morgan fingerprint density at radius 2 is 1.93 bits per heavy atom. The van der Waals surface area contributed by atoms with E-state index in [1.54, 1.807) is 47.2 Å². The zero-order valence-electron chi connectivity index (χ0n) is 16.2. The molecule has 158 valence electrons. The first-order chi connectivity index (χ1) is 14.2. The standard InChI is InChI=1S/C20H20ClN3O5S/c1-30(28,29)22-10-5-11-23-13-16(15-7-4-9-18(20(15)23)24(26)27)19(25)12-14-6-2-3-8-17(14)21/h2-4,6-9,13,22H,5,10-12H2,1H3. The highest BCUT2D eigenvalue weighted by Gasteiger charge is 2.22. The van der Waals surface area contributed by atoms with Crippen molar-refractivity contribution in [2.75, 3.05) is 12.8 Å². The van der Waals surface area contributed by atoms with Crippen LogP contribution >= 0.6 is 11.6 Å². The van der Waals surface area contributed by atoms with E-state index in [9.17, 15) is 23.3 Å². The van der Waals surface area contributed by atoms with Crippen LogP contribution in [0.25, 0.3) is 10.9 Å². The van der Waals surface area contributed by atoms with Gasteiger partial charge < -0.3 is 4.57 Å². The number of ketones is 1. The van der Waals surface area contributed by atoms with Crippen LogP contribution in [0.5, 0.6) is 0 Å². The van der Waals surface area contributed by atoms with Crippen LogP contribution in [0, 0.1) is 10.1 Å². The fraction of sp³-hybridized carbons (Fsp3) is 0.250. The first-order valence-electron chi connectivity index (χ1n) is 9.15. The van der Waals surface area contributed by atoms with Crippen LogP contribution in [0.1, 0.15) is 22.3 Å². The number of carbonyl (C=O) groups excluding carboxylic acids is 1. The van der Waals surface area contributed by atoms with Gasteiger partial charge in [0.25, 0.3) is 5.69 Å². The Bertz CT molecular complexity index is 1220. The van der Waals surface area contributed by atoms with Gasteiger partial charge in [0, 0.05) is 47.7 Å². The molecule has 0 aliphatic rings. The van der Waals surface area contributed by atoms with Gasteiger partial charge in [-0.05, 0) is 18.1 Å². The average Bonchev–Trinajstić information content (AvgIpc) is 3.05. The number of non-ortho nitro benzene ring substituents is 1. The lowest BCUT2D eigenvalue weighted by Crippen LogP contribution is -2.23. The van der Waals surface area contributed by atoms with E-state index in [4.69, 9.17) is 11.6 Å². The molecule has 0 aliphatic heterocycles. The van der Waals surface area contributed by atoms with E-state index >= 15 is 0 Å². The minimum atomic E-state index is -3.32. The molecule has 0 fully saturated rings. The molecule has 0 amide bonds. The zero-order chi connectivity index (χ0) is 21.9. The molecular formula is C20H20ClN3O5S. The van der Waals surface area contributed by atoms with Gasteiger partial charge in [0.05, 0.1) is 11.2 Å². The molecule has 0 saturated carbocycles. The highest BCUT2D eigenvalue weighted by atomic mass is 35.5. The summed E-state index contributed by atoms with van der Waals surface area (Å²) in [5, 5.41) is 12.5. The van der Waals surface area contributed by atoms with Crippen molar-refractivity contribution in [2.45, 2.75) is 19.4 Å². The van der Waals surface area contributed by atoms with E-state index in [-0.39, 0.29) is 24.4 Å². The van der Waals surface area contributed by atoms with Gasteiger partial charge in [-0.25, -0.2) is 13.1 Å². The Labute approximate surface area is 178 Å². The Morgan fingerprint density at radius 3 is 2.60 bits per heavy atom. The van der Waals surface area contributed by atoms with Crippen LogP contribution in [-0.2, 0) is 23.0 Å². The second-order valence-electron chi connectivity index (χ2n) is 6.88. The number of nitrogens with one attached hydrogen (secondary N) is 1. The average molecular weight is 450 g/mol. The molecule has 10 heteroatoms. The summed E-state index contributed by atoms with van der Waals surface area (Å²) in [6.45, 7) is 0.491. The lowest BCUT2D eigenvalue weighted by Gasteiger charge is -2.06. The van der Waals surface area contributed by atoms with Crippen molar-refractivity contribution in [3.05, 3.63) is 74.9 Å². The molecule has 0 spiro atoms. The first-order valence-corrected chi connectivity index (χ1v) is 11.4. The number of nitro groups is 1. The third-order valence-electron chi connectivity index (χ3n) is 4.62. The maximum atomic E-state index is 13.0. The number of benzene rings is 2. The van der Waals surface area contributed by atoms with E-state index < -0.39 is 14.9 Å². The third kappa shape index (κ3) is 5.05. The molecule has 1 N–H and O–H groups in total. The van der Waals surface area contributed by atoms with Crippen LogP contribution in [0.2, 0.25) is 5.02 Å². The van der Waals surface area contributed by atoms with E-state index in [2.05, 4.69) is 4.72 Å². The summed E-state index contributed by atoms with van der Waals surface area (Å²) in [5.74, 6) is -0.207. The fourth-order valence-electron chi connectivity index (χ4n) is 3.30. The van der Waals surface area contributed by atoms with Gasteiger partial charge in [-0.1, -0.05) is 41.9 Å². The van der Waals surface area contributed by atoms with E-state index in [0.717, 1.165) is 6.26 Å². The number of carbonyl (C=O) groups is 1. The molecule has 30 heavy (non-hydrogen) atoms. The predicted octanol–water partition coefficient (Wildman–Crippen LogP) is 3.57. The molecule has 2 aromatic carbocycles. The summed E-state index contributed by atoms with van der Waals surface area (Å²) >= 11 is 6.16. The summed E-state index contributed by atoms with van der Waals surface area (Å²) < 4.78 is 26.5. The Kier molecular flexibility index (Phi) is 6.55. The molecule has 0 atom stereocenters. The van der Waals surface area contributed by atoms with Crippen LogP contribution in [-0.4, -0.2) is 36.5 Å². The quantitative estimate of drug-likeness (QED) is 0.232. The number of nitrogens with zero attached hydrogens (tertiary/aromatic N) is 2. The molecule has 3 rings (SSSR count). The summed E-state index contributed by atoms with van der Waals surface area (Å²) in [6.07, 6.45) is 3.13. The summed E-state index contributed by atoms with van der Waals surface area (Å²) in [5.41, 5.74) is 1.27. The van der Waals surface area contributed by atoms with E-state index in [1.807, 2.05) is 0 Å². The SMILES string of the molecule is CS(=O)(=O)NCCCn1cc(C(=O)Cc2ccccc2Cl)c2cccc([N+](=O)[O-])c21. The third-order valence-corrected chi connectivity index (χ3v) is 5.72. The Hall–Kier alpha value is -2.75. The number of sulfonamides is 1. The van der Waals surface area contributed by atoms with Crippen molar-refractivity contribution < 1.29 is 18.1 Å². The molecule has 0 saturated heterocycles. The number of aryl methyl sites for hydroxylation is 1. The first kappa shape index (κ1) is 21.9. The van der Waals surface area contributed by atoms with Gasteiger partial charge >= 0.3 is 0 Å². The lowest BCUT2D eigenvalue weighted by molar-refractivity contribution is -0.383. The number of halogens is 1. The van der Waals surface area contributed by atoms with Crippen molar-refractivity contribution in [1.82, 2.24) is 9.29 Å². The predicted molar refractivity (Wildman–Crippen MR) is 116 cm³/mol. The van der Waals surface area contributed by atoms with Crippen LogP contribution in [0.3, 0.4) is 0 Å². The maximum absolute atomic E-state index is 13.0. The number of rotatable bonds is 9. The number of hydrogen-bond acceptors (Lipinski definition) is 5. The number of para-hydroxylation sites is 1. The number of fused-ring (bicyclic) bond motifs is 1. The van der Waals surface area contributed by atoms with Crippen molar-refractivity contribution >= 4 is 44.0 Å². The number of aromatic nitrogens is 1. The highest BCUT2D eigenvalue weighted by Crippen LogP contribution is 2.31. The largest absolute Gasteiger partial charge is 0.341 e. The second kappa shape index (κ2) is 8.95. The van der Waals surface area contributed by atoms with Crippen molar-refractivity contribution in [3.63, 3.8) is 0 Å². The van der Waals surface area contributed by atoms with Gasteiger partial charge in [-0.2, -0.15) is 0 Å². The summed E-state index contributed by atoms with van der Waals surface area (Å²) in [4.78, 5) is 24.1. The molecule has 1 heterocycles. The Balaban J connectivity index is 1.96. The lowest BCUT2D eigenvalue weighted by atomic mass is 10.0. The zero-order valence-corrected chi connectivity index (χ0v) is 17.7. The molecule has 8 nitrogen and oxygen atoms in total. The van der Waals surface area contributed by atoms with Crippen LogP contribution in [0.15, 0.2) is 48.7 Å². The molecule has 0 unspecified atom stereocenters. The molecule has 3 aromatic rings. The molecule has 0 radical (unpaired) electrons. The monoisotopic (exact) mass is 449 g/mol. The van der Waals surface area contributed by atoms with E-state index in [1.165, 1.54) is 6.07 Å². The summed E-state index contributed by atoms with van der Waals surface area (Å²) in [7, 11) is -3.32. The van der Waals surface area contributed by atoms with Gasteiger partial charge in [0.2, 0.25) is 10.0 Å². The van der Waals surface area contributed by atoms with Crippen molar-refractivity contribution in [3.8, 4) is 0 Å². The topological polar surface area (TPSA) is 111 Å².